The van der Waals surface area contributed by atoms with Gasteiger partial charge in [-0.15, -0.1) is 0 Å². The summed E-state index contributed by atoms with van der Waals surface area (Å²) in [6, 6.07) is 0. The molecule has 10 heavy (non-hydrogen) atoms. The zero-order chi connectivity index (χ0) is 7.41. The van der Waals surface area contributed by atoms with E-state index in [0.717, 1.165) is 12.8 Å². The predicted molar refractivity (Wildman–Crippen MR) is 37.3 cm³/mol. The van der Waals surface area contributed by atoms with E-state index in [1.54, 1.807) is 0 Å². The van der Waals surface area contributed by atoms with E-state index in [-0.39, 0.29) is 16.9 Å². The molecule has 0 aromatic heterocycles. The van der Waals surface area contributed by atoms with E-state index < -0.39 is 0 Å². The summed E-state index contributed by atoms with van der Waals surface area (Å²) in [7, 11) is 0. The molecular formula is C7H12N2O. The summed E-state index contributed by atoms with van der Waals surface area (Å²) in [6.45, 7) is 2.60. The van der Waals surface area contributed by atoms with E-state index in [1.165, 1.54) is 0 Å². The van der Waals surface area contributed by atoms with E-state index in [9.17, 15) is 4.79 Å². The van der Waals surface area contributed by atoms with Crippen molar-refractivity contribution in [3.63, 3.8) is 0 Å². The number of hydrogen-bond donors (Lipinski definition) is 2. The molecule has 0 unspecified atom stereocenters. The van der Waals surface area contributed by atoms with Crippen LogP contribution in [0.2, 0.25) is 0 Å². The molecule has 1 spiro atoms. The molecule has 2 rings (SSSR count). The molecule has 1 aliphatic heterocycles. The van der Waals surface area contributed by atoms with Gasteiger partial charge in [0.25, 0.3) is 0 Å². The molecule has 1 saturated carbocycles. The van der Waals surface area contributed by atoms with Gasteiger partial charge in [-0.05, 0) is 19.8 Å². The van der Waals surface area contributed by atoms with E-state index in [1.807, 2.05) is 6.92 Å². The van der Waals surface area contributed by atoms with Gasteiger partial charge in [0.15, 0.2) is 0 Å². The highest BCUT2D eigenvalue weighted by molar-refractivity contribution is 5.89. The minimum Gasteiger partial charge on any atom is -0.354 e. The van der Waals surface area contributed by atoms with Crippen LogP contribution < -0.4 is 11.1 Å². The molecule has 2 aliphatic rings. The van der Waals surface area contributed by atoms with Gasteiger partial charge < -0.3 is 11.1 Å². The van der Waals surface area contributed by atoms with Gasteiger partial charge in [0.05, 0.1) is 5.41 Å². The molecule has 3 N–H and O–H groups in total. The molecule has 0 bridgehead atoms. The summed E-state index contributed by atoms with van der Waals surface area (Å²) in [5.41, 5.74) is 5.46. The SMILES string of the molecule is C[C@@]1(N)CNC(=O)C12CC2. The van der Waals surface area contributed by atoms with Gasteiger partial charge in [-0.2, -0.15) is 0 Å². The Balaban J connectivity index is 2.35. The first-order valence-corrected chi connectivity index (χ1v) is 3.66. The number of nitrogens with two attached hydrogens (primary N) is 1. The molecule has 1 aliphatic carbocycles. The number of nitrogens with one attached hydrogen (secondary N) is 1. The lowest BCUT2D eigenvalue weighted by molar-refractivity contribution is -0.124. The van der Waals surface area contributed by atoms with Crippen LogP contribution in [-0.4, -0.2) is 18.0 Å². The minimum absolute atomic E-state index is 0.164. The Bertz CT molecular complexity index is 194. The fraction of sp³-hybridized carbons (Fsp3) is 0.857. The van der Waals surface area contributed by atoms with Crippen LogP contribution in [0.15, 0.2) is 0 Å². The standard InChI is InChI=1S/C7H12N2O/c1-6(8)4-9-5(10)7(6)2-3-7/h2-4,8H2,1H3,(H,9,10)/t6-/m1/s1. The minimum atomic E-state index is -0.288. The number of amides is 1. The molecule has 1 amide bonds. The van der Waals surface area contributed by atoms with Crippen molar-refractivity contribution in [3.05, 3.63) is 0 Å². The van der Waals surface area contributed by atoms with Crippen molar-refractivity contribution in [3.8, 4) is 0 Å². The lowest BCUT2D eigenvalue weighted by Crippen LogP contribution is -2.46. The van der Waals surface area contributed by atoms with Crippen molar-refractivity contribution in [2.45, 2.75) is 25.3 Å². The van der Waals surface area contributed by atoms with Gasteiger partial charge in [0.1, 0.15) is 0 Å². The Kier molecular flexibility index (Phi) is 0.844. The summed E-state index contributed by atoms with van der Waals surface area (Å²) < 4.78 is 0. The number of carbonyl (C=O) groups is 1. The molecule has 1 heterocycles. The third-order valence-corrected chi connectivity index (χ3v) is 2.89. The number of carbonyl (C=O) groups excluding carboxylic acids is 1. The molecule has 0 aromatic carbocycles. The Hall–Kier alpha value is -0.570. The van der Waals surface area contributed by atoms with Crippen LogP contribution in [0.5, 0.6) is 0 Å². The Labute approximate surface area is 60.0 Å². The fourth-order valence-corrected chi connectivity index (χ4v) is 1.78. The Morgan fingerprint density at radius 1 is 1.60 bits per heavy atom. The first kappa shape index (κ1) is 6.16. The highest BCUT2D eigenvalue weighted by Crippen LogP contribution is 2.55. The molecule has 56 valence electrons. The van der Waals surface area contributed by atoms with Crippen LogP contribution in [0.4, 0.5) is 0 Å². The molecule has 3 heteroatoms. The maximum absolute atomic E-state index is 11.2. The summed E-state index contributed by atoms with van der Waals surface area (Å²) in [5, 5.41) is 2.80. The van der Waals surface area contributed by atoms with Crippen molar-refractivity contribution >= 4 is 5.91 Å². The Morgan fingerprint density at radius 2 is 2.20 bits per heavy atom. The summed E-state index contributed by atoms with van der Waals surface area (Å²) in [4.78, 5) is 11.2. The van der Waals surface area contributed by atoms with Crippen molar-refractivity contribution in [2.24, 2.45) is 11.1 Å². The second kappa shape index (κ2) is 1.37. The number of hydrogen-bond acceptors (Lipinski definition) is 2. The first-order valence-electron chi connectivity index (χ1n) is 3.66. The highest BCUT2D eigenvalue weighted by atomic mass is 16.2. The Morgan fingerprint density at radius 3 is 2.40 bits per heavy atom. The third-order valence-electron chi connectivity index (χ3n) is 2.89. The van der Waals surface area contributed by atoms with Crippen LogP contribution in [0.25, 0.3) is 0 Å². The average Bonchev–Trinajstić information content (AvgIpc) is 2.58. The highest BCUT2D eigenvalue weighted by Gasteiger charge is 2.64. The second-order valence-electron chi connectivity index (χ2n) is 3.68. The van der Waals surface area contributed by atoms with Crippen LogP contribution in [0.1, 0.15) is 19.8 Å². The topological polar surface area (TPSA) is 55.1 Å². The van der Waals surface area contributed by atoms with Crippen LogP contribution >= 0.6 is 0 Å². The van der Waals surface area contributed by atoms with Crippen LogP contribution in [0.3, 0.4) is 0 Å². The van der Waals surface area contributed by atoms with Crippen molar-refractivity contribution in [1.82, 2.24) is 5.32 Å². The molecule has 3 nitrogen and oxygen atoms in total. The molecule has 0 aromatic rings. The fourth-order valence-electron chi connectivity index (χ4n) is 1.78. The lowest BCUT2D eigenvalue weighted by atomic mass is 9.87. The van der Waals surface area contributed by atoms with Gasteiger partial charge in [-0.3, -0.25) is 4.79 Å². The van der Waals surface area contributed by atoms with Crippen molar-refractivity contribution in [1.29, 1.82) is 0 Å². The molecule has 2 fully saturated rings. The van der Waals surface area contributed by atoms with Gasteiger partial charge in [0, 0.05) is 12.1 Å². The first-order chi connectivity index (χ1) is 4.58. The summed E-state index contributed by atoms with van der Waals surface area (Å²) in [6.07, 6.45) is 1.96. The second-order valence-corrected chi connectivity index (χ2v) is 3.68. The maximum atomic E-state index is 11.2. The zero-order valence-electron chi connectivity index (χ0n) is 6.11. The van der Waals surface area contributed by atoms with Gasteiger partial charge >= 0.3 is 0 Å². The molecule has 1 atom stereocenters. The van der Waals surface area contributed by atoms with Crippen LogP contribution in [-0.2, 0) is 4.79 Å². The number of rotatable bonds is 0. The van der Waals surface area contributed by atoms with Gasteiger partial charge in [-0.1, -0.05) is 0 Å². The van der Waals surface area contributed by atoms with E-state index in [2.05, 4.69) is 5.32 Å². The summed E-state index contributed by atoms with van der Waals surface area (Å²) >= 11 is 0. The monoisotopic (exact) mass is 140 g/mol. The van der Waals surface area contributed by atoms with Crippen molar-refractivity contribution in [2.75, 3.05) is 6.54 Å². The smallest absolute Gasteiger partial charge is 0.228 e. The average molecular weight is 140 g/mol. The predicted octanol–water partition coefficient (Wildman–Crippen LogP) is -0.386. The maximum Gasteiger partial charge on any atom is 0.228 e. The molecule has 0 radical (unpaired) electrons. The summed E-state index contributed by atoms with van der Waals surface area (Å²) in [5.74, 6) is 0.164. The van der Waals surface area contributed by atoms with E-state index >= 15 is 0 Å². The molecule has 1 saturated heterocycles. The normalized spacial score (nSPS) is 42.0. The van der Waals surface area contributed by atoms with Gasteiger partial charge in [0.2, 0.25) is 5.91 Å². The van der Waals surface area contributed by atoms with Crippen molar-refractivity contribution < 1.29 is 4.79 Å². The largest absolute Gasteiger partial charge is 0.354 e. The van der Waals surface area contributed by atoms with Gasteiger partial charge in [-0.25, -0.2) is 0 Å². The lowest BCUT2D eigenvalue weighted by Gasteiger charge is -2.22. The van der Waals surface area contributed by atoms with E-state index in [4.69, 9.17) is 5.73 Å². The quantitative estimate of drug-likeness (QED) is 0.481. The zero-order valence-corrected chi connectivity index (χ0v) is 6.11. The third kappa shape index (κ3) is 0.475. The van der Waals surface area contributed by atoms with Crippen LogP contribution in [0, 0.1) is 5.41 Å². The van der Waals surface area contributed by atoms with E-state index in [0.29, 0.717) is 6.54 Å². The molecular weight excluding hydrogens is 128 g/mol.